The lowest BCUT2D eigenvalue weighted by molar-refractivity contribution is -0.120. The van der Waals surface area contributed by atoms with E-state index in [0.29, 0.717) is 16.7 Å². The quantitative estimate of drug-likeness (QED) is 0.0286. The summed E-state index contributed by atoms with van der Waals surface area (Å²) in [6, 6.07) is 24.2. The van der Waals surface area contributed by atoms with Gasteiger partial charge >= 0.3 is 5.97 Å². The van der Waals surface area contributed by atoms with Crippen LogP contribution in [0, 0.1) is 23.1 Å². The third kappa shape index (κ3) is 10.9. The number of Topliss-reactive ketones (excluding diaryl/α,β-unsaturated/α-hetero) is 2. The summed E-state index contributed by atoms with van der Waals surface area (Å²) in [7, 11) is 3.72. The Kier molecular flexibility index (Phi) is 15.2. The van der Waals surface area contributed by atoms with Gasteiger partial charge in [0.2, 0.25) is 11.7 Å². The lowest BCUT2D eigenvalue weighted by atomic mass is 9.94. The molecule has 0 aromatic heterocycles. The number of carbonyl (C=O) groups is 6. The number of carbonyl (C=O) groups excluding carboxylic acids is 5. The Labute approximate surface area is 365 Å². The number of aromatic hydroxyl groups is 2. The Morgan fingerprint density at radius 2 is 1.22 bits per heavy atom. The first kappa shape index (κ1) is 46.5. The van der Waals surface area contributed by atoms with Gasteiger partial charge < -0.3 is 45.5 Å². The number of allylic oxidation sites excluding steroid dienone is 2. The Hall–Kier alpha value is -8.52. The zero-order valence-corrected chi connectivity index (χ0v) is 34.8. The summed E-state index contributed by atoms with van der Waals surface area (Å²) in [4.78, 5) is 77.3. The number of nitrogens with one attached hydrogen (secondary N) is 3. The van der Waals surface area contributed by atoms with Crippen LogP contribution in [0.4, 0.5) is 21.5 Å². The second-order valence-corrected chi connectivity index (χ2v) is 14.0. The van der Waals surface area contributed by atoms with Crippen LogP contribution >= 0.6 is 0 Å². The number of anilines is 3. The van der Waals surface area contributed by atoms with Gasteiger partial charge in [-0.1, -0.05) is 36.4 Å². The zero-order valence-electron chi connectivity index (χ0n) is 34.8. The number of aromatic carboxylic acids is 1. The second kappa shape index (κ2) is 20.8. The smallest absolute Gasteiger partial charge is 0.339 e. The molecule has 17 heteroatoms. The van der Waals surface area contributed by atoms with Gasteiger partial charge in [-0.25, -0.2) is 9.18 Å². The standard InChI is InChI=1S/C47H41FN4O12/c1-25(27-9-13-31(48)14-10-27)41(62-2)38(54)23-26-5-7-28(8-6-26)37(53)24-30(21-22-49)45(58)50-32-15-11-29(12-16-32)44(57)51-35-19-17-33(39(55)42(35)63-3)46(59)52-36-20-18-34(47(60)61)40(56)43(36)64-4/h5-20,30,55-56H,21,23-24H2,1-4H3,(H,50,58)(H,51,57)(H,52,59)(H,60,61)/b41-25-/t30-/m1/s1. The molecule has 0 saturated heterocycles. The molecule has 64 heavy (non-hydrogen) atoms. The van der Waals surface area contributed by atoms with Gasteiger partial charge in [-0.3, -0.25) is 24.0 Å². The summed E-state index contributed by atoms with van der Waals surface area (Å²) in [5.74, 6) is -7.62. The molecule has 5 aromatic rings. The third-order valence-electron chi connectivity index (χ3n) is 9.91. The molecule has 1 atom stereocenters. The highest BCUT2D eigenvalue weighted by molar-refractivity contribution is 6.10. The second-order valence-electron chi connectivity index (χ2n) is 14.0. The molecule has 16 nitrogen and oxygen atoms in total. The molecule has 0 aliphatic heterocycles. The first-order chi connectivity index (χ1) is 30.6. The van der Waals surface area contributed by atoms with E-state index in [1.165, 1.54) is 80.9 Å². The van der Waals surface area contributed by atoms with Crippen LogP contribution in [0.2, 0.25) is 0 Å². The van der Waals surface area contributed by atoms with Crippen LogP contribution in [-0.4, -0.2) is 71.9 Å². The van der Waals surface area contributed by atoms with Crippen molar-refractivity contribution < 1.29 is 62.7 Å². The predicted octanol–water partition coefficient (Wildman–Crippen LogP) is 7.39. The molecule has 0 spiro atoms. The van der Waals surface area contributed by atoms with E-state index in [-0.39, 0.29) is 76.1 Å². The fraction of sp³-hybridized carbons (Fsp3) is 0.170. The number of hydrogen-bond acceptors (Lipinski definition) is 12. The van der Waals surface area contributed by atoms with Gasteiger partial charge in [-0.05, 0) is 78.7 Å². The molecule has 0 aliphatic carbocycles. The van der Waals surface area contributed by atoms with E-state index < -0.39 is 58.3 Å². The van der Waals surface area contributed by atoms with Crippen LogP contribution in [0.3, 0.4) is 0 Å². The predicted molar refractivity (Wildman–Crippen MR) is 231 cm³/mol. The van der Waals surface area contributed by atoms with Gasteiger partial charge in [0.05, 0.1) is 50.3 Å². The van der Waals surface area contributed by atoms with Crippen molar-refractivity contribution in [1.29, 1.82) is 5.26 Å². The molecule has 0 aliphatic rings. The van der Waals surface area contributed by atoms with Crippen molar-refractivity contribution in [3.05, 3.63) is 142 Å². The number of amides is 3. The number of hydrogen-bond donors (Lipinski definition) is 6. The number of phenolic OH excluding ortho intramolecular Hbond substituents is 1. The average molecular weight is 873 g/mol. The molecule has 328 valence electrons. The Balaban J connectivity index is 1.19. The number of phenols is 2. The molecule has 0 fully saturated rings. The molecule has 0 unspecified atom stereocenters. The Bertz CT molecular complexity index is 2690. The lowest BCUT2D eigenvalue weighted by Crippen LogP contribution is -2.25. The number of nitrogens with zero attached hydrogens (tertiary/aromatic N) is 1. The van der Waals surface area contributed by atoms with E-state index in [0.717, 1.165) is 13.2 Å². The van der Waals surface area contributed by atoms with Crippen molar-refractivity contribution in [1.82, 2.24) is 0 Å². The zero-order chi connectivity index (χ0) is 46.7. The van der Waals surface area contributed by atoms with Crippen molar-refractivity contribution in [3.63, 3.8) is 0 Å². The number of carboxylic acid groups (broad SMARTS) is 1. The Morgan fingerprint density at radius 3 is 1.77 bits per heavy atom. The number of nitriles is 1. The van der Waals surface area contributed by atoms with Crippen LogP contribution in [0.5, 0.6) is 23.0 Å². The van der Waals surface area contributed by atoms with Gasteiger partial charge in [-0.2, -0.15) is 5.26 Å². The third-order valence-corrected chi connectivity index (χ3v) is 9.91. The summed E-state index contributed by atoms with van der Waals surface area (Å²) < 4.78 is 29.1. The van der Waals surface area contributed by atoms with Crippen molar-refractivity contribution in [3.8, 4) is 29.1 Å². The minimum absolute atomic E-state index is 0.0157. The first-order valence-corrected chi connectivity index (χ1v) is 19.2. The number of carboxylic acids is 1. The van der Waals surface area contributed by atoms with Crippen molar-refractivity contribution in [2.45, 2.75) is 26.2 Å². The number of halogens is 1. The first-order valence-electron chi connectivity index (χ1n) is 19.2. The van der Waals surface area contributed by atoms with E-state index in [9.17, 15) is 53.7 Å². The van der Waals surface area contributed by atoms with E-state index in [4.69, 9.17) is 14.2 Å². The highest BCUT2D eigenvalue weighted by Gasteiger charge is 2.26. The van der Waals surface area contributed by atoms with E-state index in [1.54, 1.807) is 31.2 Å². The number of ether oxygens (including phenoxy) is 3. The molecule has 6 N–H and O–H groups in total. The summed E-state index contributed by atoms with van der Waals surface area (Å²) in [5.41, 5.74) is 1.51. The number of rotatable bonds is 18. The fourth-order valence-corrected chi connectivity index (χ4v) is 6.53. The maximum atomic E-state index is 13.4. The van der Waals surface area contributed by atoms with Gasteiger partial charge in [-0.15, -0.1) is 0 Å². The number of methoxy groups -OCH3 is 3. The van der Waals surface area contributed by atoms with Crippen molar-refractivity contribution >= 4 is 57.9 Å². The van der Waals surface area contributed by atoms with Crippen LogP contribution in [0.25, 0.3) is 5.57 Å². The largest absolute Gasteiger partial charge is 0.504 e. The fourth-order valence-electron chi connectivity index (χ4n) is 6.53. The molecule has 3 amide bonds. The molecule has 0 heterocycles. The minimum Gasteiger partial charge on any atom is -0.504 e. The van der Waals surface area contributed by atoms with Crippen LogP contribution in [0.1, 0.15) is 72.3 Å². The monoisotopic (exact) mass is 872 g/mol. The summed E-state index contributed by atoms with van der Waals surface area (Å²) in [6.45, 7) is 1.69. The summed E-state index contributed by atoms with van der Waals surface area (Å²) >= 11 is 0. The molecule has 0 radical (unpaired) electrons. The molecule has 5 rings (SSSR count). The molecular formula is C47H41FN4O12. The lowest BCUT2D eigenvalue weighted by Gasteiger charge is -2.16. The molecule has 0 saturated carbocycles. The van der Waals surface area contributed by atoms with Gasteiger partial charge in [0.15, 0.2) is 34.5 Å². The van der Waals surface area contributed by atoms with Crippen molar-refractivity contribution in [2.24, 2.45) is 5.92 Å². The van der Waals surface area contributed by atoms with Gasteiger partial charge in [0.1, 0.15) is 11.4 Å². The van der Waals surface area contributed by atoms with Crippen LogP contribution < -0.4 is 25.4 Å². The highest BCUT2D eigenvalue weighted by Crippen LogP contribution is 2.40. The maximum Gasteiger partial charge on any atom is 0.339 e. The van der Waals surface area contributed by atoms with E-state index >= 15 is 0 Å². The number of benzene rings is 5. The van der Waals surface area contributed by atoms with Gasteiger partial charge in [0, 0.05) is 41.6 Å². The summed E-state index contributed by atoms with van der Waals surface area (Å²) in [6.07, 6.45) is -0.599. The van der Waals surface area contributed by atoms with Crippen molar-refractivity contribution in [2.75, 3.05) is 37.3 Å². The van der Waals surface area contributed by atoms with Gasteiger partial charge in [0.25, 0.3) is 11.8 Å². The number of ketones is 2. The van der Waals surface area contributed by atoms with E-state index in [1.807, 2.05) is 6.07 Å². The topological polar surface area (TPSA) is 251 Å². The molecule has 0 bridgehead atoms. The Morgan fingerprint density at radius 1 is 0.688 bits per heavy atom. The average Bonchev–Trinajstić information content (AvgIpc) is 3.27. The maximum absolute atomic E-state index is 13.4. The normalized spacial score (nSPS) is 11.5. The highest BCUT2D eigenvalue weighted by atomic mass is 19.1. The molecule has 5 aromatic carbocycles. The molecular weight excluding hydrogens is 832 g/mol. The minimum atomic E-state index is -1.43. The van der Waals surface area contributed by atoms with Crippen LogP contribution in [-0.2, 0) is 20.7 Å². The van der Waals surface area contributed by atoms with Crippen LogP contribution in [0.15, 0.2) is 103 Å². The SMILES string of the molecule is CO/C(C(=O)Cc1ccc(C(=O)C[C@@H](CC#N)C(=O)Nc2ccc(C(=O)Nc3ccc(C(=O)Nc4ccc(C(=O)O)c(O)c4OC)c(O)c3OC)cc2)cc1)=C(/C)c1ccc(F)cc1. The summed E-state index contributed by atoms with van der Waals surface area (Å²) in [5, 5.41) is 47.6. The van der Waals surface area contributed by atoms with E-state index in [2.05, 4.69) is 16.0 Å².